The second kappa shape index (κ2) is 15.2. The summed E-state index contributed by atoms with van der Waals surface area (Å²) in [6.45, 7) is 0. The van der Waals surface area contributed by atoms with Crippen molar-refractivity contribution < 1.29 is 33.4 Å². The number of anilines is 2. The summed E-state index contributed by atoms with van der Waals surface area (Å²) in [5.41, 5.74) is 1.79. The summed E-state index contributed by atoms with van der Waals surface area (Å²) >= 11 is 3.41. The van der Waals surface area contributed by atoms with Crippen LogP contribution in [-0.2, 0) is 14.4 Å². The quantitative estimate of drug-likeness (QED) is 0.106. The maximum atomic E-state index is 13.7. The Morgan fingerprint density at radius 1 is 0.872 bits per heavy atom. The number of amides is 4. The van der Waals surface area contributed by atoms with E-state index < -0.39 is 17.1 Å². The van der Waals surface area contributed by atoms with Crippen LogP contribution in [0, 0.1) is 3.57 Å². The van der Waals surface area contributed by atoms with Crippen molar-refractivity contribution in [1.82, 2.24) is 5.32 Å². The largest absolute Gasteiger partial charge is 0.493 e. The smallest absolute Gasteiger partial charge is 0.272 e. The standard InChI is InChI=1S/C35H30IN3O7S/c1-44-28-17-21(18-29(45-2)32(28)46-3)16-27(38-33(41)22-8-5-4-6-9-22)34(42)37-24-10-7-11-26(19-24)47-30-20-31(40)39(35(30)43)25-14-12-23(36)13-15-25/h4-19,30H,20H2,1-3H3,(H,37,42)(H,38,41)/b27-16-. The van der Waals surface area contributed by atoms with Gasteiger partial charge in [-0.05, 0) is 101 Å². The Labute approximate surface area is 289 Å². The Morgan fingerprint density at radius 3 is 2.19 bits per heavy atom. The zero-order chi connectivity index (χ0) is 33.5. The van der Waals surface area contributed by atoms with Crippen molar-refractivity contribution in [2.24, 2.45) is 0 Å². The van der Waals surface area contributed by atoms with Gasteiger partial charge in [0.05, 0.1) is 32.3 Å². The molecule has 1 fully saturated rings. The van der Waals surface area contributed by atoms with Gasteiger partial charge < -0.3 is 24.8 Å². The molecule has 0 aromatic heterocycles. The van der Waals surface area contributed by atoms with E-state index in [9.17, 15) is 19.2 Å². The highest BCUT2D eigenvalue weighted by molar-refractivity contribution is 14.1. The minimum absolute atomic E-state index is 0.0455. The third-order valence-corrected chi connectivity index (χ3v) is 8.99. The fraction of sp³-hybridized carbons (Fsp3) is 0.143. The maximum Gasteiger partial charge on any atom is 0.272 e. The molecule has 47 heavy (non-hydrogen) atoms. The van der Waals surface area contributed by atoms with Crippen molar-refractivity contribution in [3.05, 3.63) is 111 Å². The lowest BCUT2D eigenvalue weighted by atomic mass is 10.1. The van der Waals surface area contributed by atoms with Crippen LogP contribution < -0.4 is 29.7 Å². The van der Waals surface area contributed by atoms with Gasteiger partial charge >= 0.3 is 0 Å². The summed E-state index contributed by atoms with van der Waals surface area (Å²) in [5.74, 6) is -0.517. The van der Waals surface area contributed by atoms with Crippen LogP contribution >= 0.6 is 34.4 Å². The first-order valence-electron chi connectivity index (χ1n) is 14.3. The Hall–Kier alpha value is -4.82. The summed E-state index contributed by atoms with van der Waals surface area (Å²) < 4.78 is 17.3. The number of carbonyl (C=O) groups excluding carboxylic acids is 4. The molecule has 1 unspecified atom stereocenters. The second-order valence-corrected chi connectivity index (χ2v) is 12.7. The van der Waals surface area contributed by atoms with E-state index in [0.717, 1.165) is 3.57 Å². The van der Waals surface area contributed by atoms with Crippen molar-refractivity contribution in [3.8, 4) is 17.2 Å². The number of ether oxygens (including phenoxy) is 3. The lowest BCUT2D eigenvalue weighted by Gasteiger charge is -2.16. The number of hydrogen-bond acceptors (Lipinski definition) is 8. The van der Waals surface area contributed by atoms with Crippen LogP contribution in [0.5, 0.6) is 17.2 Å². The predicted octanol–water partition coefficient (Wildman–Crippen LogP) is 6.15. The fourth-order valence-corrected chi connectivity index (χ4v) is 6.33. The van der Waals surface area contributed by atoms with Crippen LogP contribution in [0.25, 0.3) is 6.08 Å². The number of hydrogen-bond donors (Lipinski definition) is 2. The first kappa shape index (κ1) is 33.5. The minimum atomic E-state index is -0.617. The van der Waals surface area contributed by atoms with E-state index in [0.29, 0.717) is 44.6 Å². The summed E-state index contributed by atoms with van der Waals surface area (Å²) in [4.78, 5) is 54.7. The number of thioether (sulfide) groups is 1. The van der Waals surface area contributed by atoms with Gasteiger partial charge in [-0.15, -0.1) is 11.8 Å². The molecule has 4 aromatic rings. The Morgan fingerprint density at radius 2 is 1.55 bits per heavy atom. The Kier molecular flexibility index (Phi) is 10.8. The highest BCUT2D eigenvalue weighted by atomic mass is 127. The molecule has 12 heteroatoms. The zero-order valence-corrected chi connectivity index (χ0v) is 28.6. The molecule has 4 aromatic carbocycles. The van der Waals surface area contributed by atoms with E-state index in [2.05, 4.69) is 33.2 Å². The zero-order valence-electron chi connectivity index (χ0n) is 25.6. The summed E-state index contributed by atoms with van der Waals surface area (Å²) in [7, 11) is 4.45. The van der Waals surface area contributed by atoms with Gasteiger partial charge in [-0.25, -0.2) is 4.90 Å². The lowest BCUT2D eigenvalue weighted by molar-refractivity contribution is -0.121. The van der Waals surface area contributed by atoms with E-state index in [1.807, 2.05) is 12.1 Å². The molecule has 1 aliphatic heterocycles. The molecular weight excluding hydrogens is 733 g/mol. The second-order valence-electron chi connectivity index (χ2n) is 10.2. The number of imide groups is 1. The topological polar surface area (TPSA) is 123 Å². The van der Waals surface area contributed by atoms with E-state index in [1.165, 1.54) is 44.1 Å². The van der Waals surface area contributed by atoms with Crippen LogP contribution in [-0.4, -0.2) is 50.2 Å². The van der Waals surface area contributed by atoms with Gasteiger partial charge in [0.1, 0.15) is 5.70 Å². The molecule has 2 N–H and O–H groups in total. The fourth-order valence-electron chi connectivity index (χ4n) is 4.86. The van der Waals surface area contributed by atoms with Crippen molar-refractivity contribution >= 4 is 75.4 Å². The van der Waals surface area contributed by atoms with Gasteiger partial charge in [-0.3, -0.25) is 19.2 Å². The van der Waals surface area contributed by atoms with Crippen LogP contribution in [0.3, 0.4) is 0 Å². The van der Waals surface area contributed by atoms with Crippen molar-refractivity contribution in [2.75, 3.05) is 31.5 Å². The number of methoxy groups -OCH3 is 3. The van der Waals surface area contributed by atoms with Gasteiger partial charge in [0.15, 0.2) is 11.5 Å². The minimum Gasteiger partial charge on any atom is -0.493 e. The van der Waals surface area contributed by atoms with E-state index in [4.69, 9.17) is 14.2 Å². The van der Waals surface area contributed by atoms with Crippen LogP contribution in [0.4, 0.5) is 11.4 Å². The maximum absolute atomic E-state index is 13.7. The van der Waals surface area contributed by atoms with Crippen molar-refractivity contribution in [1.29, 1.82) is 0 Å². The molecule has 5 rings (SSSR count). The number of nitrogens with zero attached hydrogens (tertiary/aromatic N) is 1. The molecule has 0 bridgehead atoms. The molecule has 1 atom stereocenters. The number of nitrogens with one attached hydrogen (secondary N) is 2. The van der Waals surface area contributed by atoms with Crippen LogP contribution in [0.2, 0.25) is 0 Å². The third kappa shape index (κ3) is 7.95. The van der Waals surface area contributed by atoms with E-state index in [-0.39, 0.29) is 23.9 Å². The number of carbonyl (C=O) groups is 4. The van der Waals surface area contributed by atoms with Gasteiger partial charge in [-0.1, -0.05) is 24.3 Å². The molecule has 4 amide bonds. The molecule has 1 aliphatic rings. The average Bonchev–Trinajstić information content (AvgIpc) is 3.36. The van der Waals surface area contributed by atoms with Gasteiger partial charge in [0, 0.05) is 26.1 Å². The monoisotopic (exact) mass is 763 g/mol. The highest BCUT2D eigenvalue weighted by Crippen LogP contribution is 2.39. The Bertz CT molecular complexity index is 1820. The number of benzene rings is 4. The highest BCUT2D eigenvalue weighted by Gasteiger charge is 2.40. The van der Waals surface area contributed by atoms with Crippen molar-refractivity contribution in [2.45, 2.75) is 16.6 Å². The Balaban J connectivity index is 1.38. The first-order chi connectivity index (χ1) is 22.7. The first-order valence-corrected chi connectivity index (χ1v) is 16.2. The third-order valence-electron chi connectivity index (χ3n) is 7.09. The van der Waals surface area contributed by atoms with E-state index in [1.54, 1.807) is 78.9 Å². The molecule has 1 heterocycles. The van der Waals surface area contributed by atoms with Gasteiger partial charge in [0.2, 0.25) is 17.6 Å². The summed E-state index contributed by atoms with van der Waals surface area (Å²) in [5, 5.41) is 4.94. The van der Waals surface area contributed by atoms with Crippen molar-refractivity contribution in [3.63, 3.8) is 0 Å². The number of rotatable bonds is 11. The summed E-state index contributed by atoms with van der Waals surface area (Å²) in [6.07, 6.45) is 1.56. The van der Waals surface area contributed by atoms with Gasteiger partial charge in [-0.2, -0.15) is 0 Å². The molecule has 0 spiro atoms. The molecular formula is C35H30IN3O7S. The average molecular weight is 764 g/mol. The lowest BCUT2D eigenvalue weighted by Crippen LogP contribution is -2.31. The van der Waals surface area contributed by atoms with Gasteiger partial charge in [0.25, 0.3) is 11.8 Å². The normalized spacial score (nSPS) is 14.5. The molecule has 0 radical (unpaired) electrons. The number of halogens is 1. The summed E-state index contributed by atoms with van der Waals surface area (Å²) in [6, 6.07) is 26.0. The van der Waals surface area contributed by atoms with Crippen LogP contribution in [0.15, 0.2) is 102 Å². The molecule has 10 nitrogen and oxygen atoms in total. The SMILES string of the molecule is COc1cc(/C=C(\NC(=O)c2ccccc2)C(=O)Nc2cccc(SC3CC(=O)N(c4ccc(I)cc4)C3=O)c2)cc(OC)c1OC. The molecule has 240 valence electrons. The predicted molar refractivity (Wildman–Crippen MR) is 189 cm³/mol. The molecule has 0 aliphatic carbocycles. The molecule has 0 saturated carbocycles. The van der Waals surface area contributed by atoms with Crippen LogP contribution in [0.1, 0.15) is 22.3 Å². The van der Waals surface area contributed by atoms with E-state index >= 15 is 0 Å². The molecule has 1 saturated heterocycles.